The molecule has 0 atom stereocenters. The van der Waals surface area contributed by atoms with Crippen LogP contribution in [0.4, 0.5) is 10.5 Å². The molecule has 2 aromatic carbocycles. The average molecular weight is 553 g/mol. The fourth-order valence-electron chi connectivity index (χ4n) is 5.12. The van der Waals surface area contributed by atoms with Gasteiger partial charge in [-0.05, 0) is 108 Å². The number of amides is 1. The van der Waals surface area contributed by atoms with Crippen LogP contribution in [-0.4, -0.2) is 38.6 Å². The van der Waals surface area contributed by atoms with Crippen LogP contribution in [0.2, 0.25) is 0 Å². The number of hydrogen-bond donors (Lipinski definition) is 3. The fourth-order valence-corrected chi connectivity index (χ4v) is 5.12. The van der Waals surface area contributed by atoms with Gasteiger partial charge in [0.25, 0.3) is 0 Å². The number of rotatable bonds is 7. The standard InChI is InChI=1S/C17H26N2O3.C14H18N2O2/c1-17(2,3)22-16(20)19-11-12-10-14(8-9-15(12)18)21-13-6-4-5-7-13;1-16-13-8-11(18-10-4-2-3-5-10)6-7-12(13)15-14(16)9-17/h8-10,13H,4-7,11,18H2,1-3H3,(H,19,20);6-8,10,17H,2-5,9H2,1H3. The number of aliphatic hydroxyl groups excluding tert-OH is 1. The second kappa shape index (κ2) is 13.3. The molecule has 4 N–H and O–H groups in total. The topological polar surface area (TPSA) is 121 Å². The van der Waals surface area contributed by atoms with Crippen molar-refractivity contribution in [1.82, 2.24) is 14.9 Å². The highest BCUT2D eigenvalue weighted by Gasteiger charge is 2.19. The predicted molar refractivity (Wildman–Crippen MR) is 156 cm³/mol. The van der Waals surface area contributed by atoms with Gasteiger partial charge in [-0.25, -0.2) is 9.78 Å². The molecule has 0 radical (unpaired) electrons. The van der Waals surface area contributed by atoms with Gasteiger partial charge in [0.2, 0.25) is 0 Å². The summed E-state index contributed by atoms with van der Waals surface area (Å²) in [6.07, 6.45) is 9.75. The van der Waals surface area contributed by atoms with Gasteiger partial charge in [0.05, 0.1) is 23.2 Å². The maximum Gasteiger partial charge on any atom is 0.407 e. The summed E-state index contributed by atoms with van der Waals surface area (Å²) in [5.41, 5.74) is 8.83. The molecular formula is C31H44N4O5. The van der Waals surface area contributed by atoms with E-state index >= 15 is 0 Å². The van der Waals surface area contributed by atoms with Crippen molar-refractivity contribution in [2.24, 2.45) is 7.05 Å². The summed E-state index contributed by atoms with van der Waals surface area (Å²) >= 11 is 0. The van der Waals surface area contributed by atoms with Gasteiger partial charge in [0, 0.05) is 25.3 Å². The zero-order valence-corrected chi connectivity index (χ0v) is 24.2. The van der Waals surface area contributed by atoms with Crippen LogP contribution in [0.1, 0.15) is 83.5 Å². The van der Waals surface area contributed by atoms with Crippen LogP contribution in [0, 0.1) is 0 Å². The number of ether oxygens (including phenoxy) is 3. The number of hydrogen-bond acceptors (Lipinski definition) is 7. The molecule has 0 saturated heterocycles. The minimum absolute atomic E-state index is 0.0377. The van der Waals surface area contributed by atoms with E-state index in [1.54, 1.807) is 0 Å². The smallest absolute Gasteiger partial charge is 0.407 e. The van der Waals surface area contributed by atoms with Gasteiger partial charge in [0.15, 0.2) is 0 Å². The molecule has 0 unspecified atom stereocenters. The Morgan fingerprint density at radius 3 is 2.15 bits per heavy atom. The van der Waals surface area contributed by atoms with Gasteiger partial charge in [-0.15, -0.1) is 0 Å². The first kappa shape index (κ1) is 29.5. The van der Waals surface area contributed by atoms with E-state index in [4.69, 9.17) is 19.9 Å². The highest BCUT2D eigenvalue weighted by Crippen LogP contribution is 2.28. The molecule has 1 amide bonds. The van der Waals surface area contributed by atoms with Crippen molar-refractivity contribution in [3.8, 4) is 11.5 Å². The third-order valence-corrected chi connectivity index (χ3v) is 7.23. The average Bonchev–Trinajstić information content (AvgIpc) is 3.67. The molecule has 3 aromatic rings. The fraction of sp³-hybridized carbons (Fsp3) is 0.548. The number of aromatic nitrogens is 2. The molecule has 40 heavy (non-hydrogen) atoms. The third kappa shape index (κ3) is 8.27. The molecule has 0 spiro atoms. The van der Waals surface area contributed by atoms with E-state index in [2.05, 4.69) is 10.3 Å². The summed E-state index contributed by atoms with van der Waals surface area (Å²) in [5.74, 6) is 2.40. The number of nitrogen functional groups attached to an aromatic ring is 1. The molecular weight excluding hydrogens is 508 g/mol. The maximum atomic E-state index is 11.7. The normalized spacial score (nSPS) is 16.0. The number of benzene rings is 2. The quantitative estimate of drug-likeness (QED) is 0.307. The van der Waals surface area contributed by atoms with Crippen molar-refractivity contribution in [3.05, 3.63) is 47.8 Å². The Kier molecular flexibility index (Phi) is 9.79. The summed E-state index contributed by atoms with van der Waals surface area (Å²) in [7, 11) is 1.92. The molecule has 2 aliphatic carbocycles. The number of alkyl carbamates (subject to hydrolysis) is 1. The zero-order valence-electron chi connectivity index (χ0n) is 24.2. The van der Waals surface area contributed by atoms with E-state index in [-0.39, 0.29) is 6.61 Å². The van der Waals surface area contributed by atoms with Crippen molar-refractivity contribution < 1.29 is 24.1 Å². The first-order valence-electron chi connectivity index (χ1n) is 14.4. The first-order chi connectivity index (χ1) is 19.1. The van der Waals surface area contributed by atoms with E-state index in [1.165, 1.54) is 25.7 Å². The molecule has 2 saturated carbocycles. The van der Waals surface area contributed by atoms with Crippen LogP contribution >= 0.6 is 0 Å². The van der Waals surface area contributed by atoms with Crippen molar-refractivity contribution >= 4 is 22.8 Å². The number of fused-ring (bicyclic) bond motifs is 1. The minimum atomic E-state index is -0.511. The van der Waals surface area contributed by atoms with Crippen LogP contribution < -0.4 is 20.5 Å². The Bertz CT molecular complexity index is 1270. The summed E-state index contributed by atoms with van der Waals surface area (Å²) in [6.45, 7) is 5.78. The van der Waals surface area contributed by atoms with E-state index < -0.39 is 11.7 Å². The number of aryl methyl sites for hydroxylation is 1. The largest absolute Gasteiger partial charge is 0.490 e. The number of carbonyl (C=O) groups is 1. The Balaban J connectivity index is 0.000000188. The lowest BCUT2D eigenvalue weighted by Gasteiger charge is -2.20. The van der Waals surface area contributed by atoms with Crippen molar-refractivity contribution in [1.29, 1.82) is 0 Å². The molecule has 1 aromatic heterocycles. The molecule has 218 valence electrons. The molecule has 0 aliphatic heterocycles. The van der Waals surface area contributed by atoms with Gasteiger partial charge in [-0.3, -0.25) is 0 Å². The second-order valence-electron chi connectivity index (χ2n) is 11.7. The lowest BCUT2D eigenvalue weighted by molar-refractivity contribution is 0.0523. The molecule has 1 heterocycles. The zero-order chi connectivity index (χ0) is 28.7. The molecule has 0 bridgehead atoms. The summed E-state index contributed by atoms with van der Waals surface area (Å²) < 4.78 is 19.1. The number of imidazole rings is 1. The minimum Gasteiger partial charge on any atom is -0.490 e. The van der Waals surface area contributed by atoms with Gasteiger partial charge in [-0.2, -0.15) is 0 Å². The highest BCUT2D eigenvalue weighted by molar-refractivity contribution is 5.77. The number of anilines is 1. The van der Waals surface area contributed by atoms with Gasteiger partial charge < -0.3 is 34.9 Å². The lowest BCUT2D eigenvalue weighted by atomic mass is 10.1. The van der Waals surface area contributed by atoms with Crippen LogP contribution in [-0.2, 0) is 24.9 Å². The second-order valence-corrected chi connectivity index (χ2v) is 11.7. The number of nitrogens with zero attached hydrogens (tertiary/aromatic N) is 2. The third-order valence-electron chi connectivity index (χ3n) is 7.23. The molecule has 2 aliphatic rings. The van der Waals surface area contributed by atoms with Gasteiger partial charge >= 0.3 is 6.09 Å². The number of aliphatic hydroxyl groups is 1. The van der Waals surface area contributed by atoms with Crippen molar-refractivity contribution in [3.63, 3.8) is 0 Å². The Morgan fingerprint density at radius 2 is 1.57 bits per heavy atom. The Labute approximate surface area is 237 Å². The lowest BCUT2D eigenvalue weighted by Crippen LogP contribution is -2.32. The van der Waals surface area contributed by atoms with Crippen molar-refractivity contribution in [2.45, 2.75) is 103 Å². The van der Waals surface area contributed by atoms with Crippen LogP contribution in [0.5, 0.6) is 11.5 Å². The highest BCUT2D eigenvalue weighted by atomic mass is 16.6. The summed E-state index contributed by atoms with van der Waals surface area (Å²) in [6, 6.07) is 11.5. The van der Waals surface area contributed by atoms with E-state index in [9.17, 15) is 9.90 Å². The monoisotopic (exact) mass is 552 g/mol. The number of carbonyl (C=O) groups excluding carboxylic acids is 1. The van der Waals surface area contributed by atoms with Crippen LogP contribution in [0.25, 0.3) is 11.0 Å². The number of nitrogens with two attached hydrogens (primary N) is 1. The number of nitrogens with one attached hydrogen (secondary N) is 1. The van der Waals surface area contributed by atoms with Crippen LogP contribution in [0.3, 0.4) is 0 Å². The van der Waals surface area contributed by atoms with Crippen LogP contribution in [0.15, 0.2) is 36.4 Å². The van der Waals surface area contributed by atoms with E-state index in [1.807, 2.05) is 68.8 Å². The van der Waals surface area contributed by atoms with Gasteiger partial charge in [0.1, 0.15) is 29.5 Å². The molecule has 9 heteroatoms. The molecule has 5 rings (SSSR count). The predicted octanol–water partition coefficient (Wildman–Crippen LogP) is 6.00. The first-order valence-corrected chi connectivity index (χ1v) is 14.4. The van der Waals surface area contributed by atoms with E-state index in [0.29, 0.717) is 30.3 Å². The van der Waals surface area contributed by atoms with E-state index in [0.717, 1.165) is 53.8 Å². The maximum absolute atomic E-state index is 11.7. The Morgan fingerprint density at radius 1 is 1.00 bits per heavy atom. The van der Waals surface area contributed by atoms with Gasteiger partial charge in [-0.1, -0.05) is 0 Å². The van der Waals surface area contributed by atoms with Crippen molar-refractivity contribution in [2.75, 3.05) is 5.73 Å². The SMILES string of the molecule is CC(C)(C)OC(=O)NCc1cc(OC2CCCC2)ccc1N.Cn1c(CO)nc2ccc(OC3CCCC3)cc21. The molecule has 9 nitrogen and oxygen atoms in total. The summed E-state index contributed by atoms with van der Waals surface area (Å²) in [4.78, 5) is 16.1. The summed E-state index contributed by atoms with van der Waals surface area (Å²) in [5, 5.41) is 11.9. The molecule has 2 fully saturated rings. The Hall–Kier alpha value is -3.46.